The van der Waals surface area contributed by atoms with E-state index in [-0.39, 0.29) is 10.6 Å². The number of nitro groups is 1. The second-order valence-electron chi connectivity index (χ2n) is 4.19. The smallest absolute Gasteiger partial charge is 0.292 e. The molecule has 0 amide bonds. The first-order chi connectivity index (χ1) is 7.09. The van der Waals surface area contributed by atoms with Crippen LogP contribution in [0.15, 0.2) is 18.2 Å². The summed E-state index contributed by atoms with van der Waals surface area (Å²) in [5.74, 6) is 0.629. The summed E-state index contributed by atoms with van der Waals surface area (Å²) in [5.41, 5.74) is 1.79. The quantitative estimate of drug-likeness (QED) is 0.611. The first-order valence-corrected chi connectivity index (χ1v) is 5.10. The summed E-state index contributed by atoms with van der Waals surface area (Å²) in [7, 11) is 0. The zero-order valence-electron chi connectivity index (χ0n) is 8.86. The van der Waals surface area contributed by atoms with E-state index >= 15 is 0 Å². The molecular weight excluding hydrogens is 192 g/mol. The van der Waals surface area contributed by atoms with Gasteiger partial charge in [0.1, 0.15) is 5.69 Å². The van der Waals surface area contributed by atoms with Crippen molar-refractivity contribution in [3.05, 3.63) is 33.9 Å². The van der Waals surface area contributed by atoms with Gasteiger partial charge in [-0.25, -0.2) is 0 Å². The molecule has 80 valence electrons. The highest BCUT2D eigenvalue weighted by Crippen LogP contribution is 2.37. The Morgan fingerprint density at radius 3 is 2.73 bits per heavy atom. The summed E-state index contributed by atoms with van der Waals surface area (Å²) in [4.78, 5) is 10.5. The van der Waals surface area contributed by atoms with E-state index in [0.29, 0.717) is 17.6 Å². The zero-order chi connectivity index (χ0) is 11.0. The normalized spacial score (nSPS) is 23.6. The lowest BCUT2D eigenvalue weighted by Crippen LogP contribution is -2.07. The average molecular weight is 206 g/mol. The monoisotopic (exact) mass is 206 g/mol. The van der Waals surface area contributed by atoms with Crippen LogP contribution in [-0.4, -0.2) is 11.0 Å². The second-order valence-corrected chi connectivity index (χ2v) is 4.19. The molecule has 1 saturated carbocycles. The molecule has 0 aromatic heterocycles. The third-order valence-electron chi connectivity index (χ3n) is 2.89. The molecule has 1 fully saturated rings. The Labute approximate surface area is 88.5 Å². The third-order valence-corrected chi connectivity index (χ3v) is 2.89. The van der Waals surface area contributed by atoms with Gasteiger partial charge < -0.3 is 5.32 Å². The van der Waals surface area contributed by atoms with Gasteiger partial charge in [-0.05, 0) is 24.8 Å². The number of anilines is 1. The minimum atomic E-state index is -0.331. The maximum atomic E-state index is 10.8. The number of rotatable bonds is 3. The van der Waals surface area contributed by atoms with Gasteiger partial charge in [-0.15, -0.1) is 0 Å². The molecule has 2 rings (SSSR count). The topological polar surface area (TPSA) is 55.2 Å². The van der Waals surface area contributed by atoms with Crippen molar-refractivity contribution >= 4 is 11.4 Å². The van der Waals surface area contributed by atoms with Crippen molar-refractivity contribution in [2.45, 2.75) is 26.3 Å². The van der Waals surface area contributed by atoms with E-state index in [1.807, 2.05) is 13.0 Å². The highest BCUT2D eigenvalue weighted by molar-refractivity contribution is 5.66. The first kappa shape index (κ1) is 9.96. The number of benzene rings is 1. The van der Waals surface area contributed by atoms with Gasteiger partial charge in [-0.2, -0.15) is 0 Å². The second kappa shape index (κ2) is 3.53. The molecule has 1 aromatic carbocycles. The number of nitrogens with one attached hydrogen (secondary N) is 1. The lowest BCUT2D eigenvalue weighted by atomic mass is 10.1. The zero-order valence-corrected chi connectivity index (χ0v) is 8.86. The van der Waals surface area contributed by atoms with Crippen LogP contribution in [0.3, 0.4) is 0 Å². The molecule has 4 heteroatoms. The van der Waals surface area contributed by atoms with Gasteiger partial charge in [0.25, 0.3) is 5.69 Å². The lowest BCUT2D eigenvalue weighted by molar-refractivity contribution is -0.384. The van der Waals surface area contributed by atoms with Crippen LogP contribution in [0.5, 0.6) is 0 Å². The van der Waals surface area contributed by atoms with Crippen LogP contribution in [0.25, 0.3) is 0 Å². The minimum absolute atomic E-state index is 0.175. The molecule has 0 radical (unpaired) electrons. The highest BCUT2D eigenvalue weighted by Gasteiger charge is 2.34. The Morgan fingerprint density at radius 1 is 1.53 bits per heavy atom. The Hall–Kier alpha value is -1.58. The number of aryl methyl sites for hydroxylation is 1. The molecule has 0 spiro atoms. The summed E-state index contributed by atoms with van der Waals surface area (Å²) >= 11 is 0. The molecule has 0 saturated heterocycles. The van der Waals surface area contributed by atoms with Crippen LogP contribution < -0.4 is 5.32 Å². The molecule has 4 nitrogen and oxygen atoms in total. The third kappa shape index (κ3) is 1.93. The van der Waals surface area contributed by atoms with Crippen molar-refractivity contribution in [2.24, 2.45) is 5.92 Å². The fourth-order valence-electron chi connectivity index (χ4n) is 1.70. The molecular formula is C11H14N2O2. The van der Waals surface area contributed by atoms with Crippen molar-refractivity contribution in [1.29, 1.82) is 0 Å². The summed E-state index contributed by atoms with van der Waals surface area (Å²) in [6.07, 6.45) is 1.10. The Balaban J connectivity index is 2.30. The van der Waals surface area contributed by atoms with Crippen LogP contribution in [0.2, 0.25) is 0 Å². The van der Waals surface area contributed by atoms with E-state index in [0.717, 1.165) is 12.0 Å². The van der Waals surface area contributed by atoms with Gasteiger partial charge >= 0.3 is 0 Å². The van der Waals surface area contributed by atoms with Crippen LogP contribution in [-0.2, 0) is 0 Å². The van der Waals surface area contributed by atoms with Crippen molar-refractivity contribution in [3.8, 4) is 0 Å². The number of hydrogen-bond acceptors (Lipinski definition) is 3. The van der Waals surface area contributed by atoms with Crippen molar-refractivity contribution < 1.29 is 4.92 Å². The number of nitro benzene ring substituents is 1. The molecule has 0 aliphatic heterocycles. The summed E-state index contributed by atoms with van der Waals surface area (Å²) < 4.78 is 0. The predicted molar refractivity (Wildman–Crippen MR) is 59.0 cm³/mol. The van der Waals surface area contributed by atoms with E-state index in [4.69, 9.17) is 0 Å². The summed E-state index contributed by atoms with van der Waals surface area (Å²) in [6, 6.07) is 5.56. The fraction of sp³-hybridized carbons (Fsp3) is 0.455. The van der Waals surface area contributed by atoms with Crippen LogP contribution in [0, 0.1) is 23.0 Å². The van der Waals surface area contributed by atoms with Gasteiger partial charge in [0.15, 0.2) is 0 Å². The van der Waals surface area contributed by atoms with Gasteiger partial charge in [0.05, 0.1) is 4.92 Å². The standard InChI is InChI=1S/C11H14N2O2/c1-7-4-3-5-10(13(14)15)11(7)12-9-6-8(9)2/h3-5,8-9,12H,6H2,1-2H3. The van der Waals surface area contributed by atoms with Crippen LogP contribution in [0.1, 0.15) is 18.9 Å². The van der Waals surface area contributed by atoms with Crippen molar-refractivity contribution in [3.63, 3.8) is 0 Å². The number of hydrogen-bond donors (Lipinski definition) is 1. The summed E-state index contributed by atoms with van der Waals surface area (Å²) in [6.45, 7) is 4.03. The molecule has 15 heavy (non-hydrogen) atoms. The predicted octanol–water partition coefficient (Wildman–Crippen LogP) is 2.72. The Morgan fingerprint density at radius 2 is 2.20 bits per heavy atom. The molecule has 1 N–H and O–H groups in total. The molecule has 1 aliphatic rings. The number of para-hydroxylation sites is 1. The Bertz CT molecular complexity index is 404. The lowest BCUT2D eigenvalue weighted by Gasteiger charge is -2.08. The molecule has 1 aromatic rings. The van der Waals surface area contributed by atoms with Crippen molar-refractivity contribution in [2.75, 3.05) is 5.32 Å². The van der Waals surface area contributed by atoms with Crippen molar-refractivity contribution in [1.82, 2.24) is 0 Å². The van der Waals surface area contributed by atoms with Gasteiger partial charge in [0.2, 0.25) is 0 Å². The molecule has 2 unspecified atom stereocenters. The van der Waals surface area contributed by atoms with Gasteiger partial charge in [0, 0.05) is 12.1 Å². The SMILES string of the molecule is Cc1cccc([N+](=O)[O-])c1NC1CC1C. The molecule has 1 aliphatic carbocycles. The van der Waals surface area contributed by atoms with Gasteiger partial charge in [-0.1, -0.05) is 19.1 Å². The maximum Gasteiger partial charge on any atom is 0.292 e. The molecule has 0 bridgehead atoms. The molecule has 0 heterocycles. The van der Waals surface area contributed by atoms with E-state index in [1.165, 1.54) is 0 Å². The van der Waals surface area contributed by atoms with E-state index in [2.05, 4.69) is 12.2 Å². The maximum absolute atomic E-state index is 10.8. The van der Waals surface area contributed by atoms with E-state index < -0.39 is 0 Å². The van der Waals surface area contributed by atoms with Crippen LogP contribution in [0.4, 0.5) is 11.4 Å². The minimum Gasteiger partial charge on any atom is -0.376 e. The fourth-order valence-corrected chi connectivity index (χ4v) is 1.70. The van der Waals surface area contributed by atoms with Crippen LogP contribution >= 0.6 is 0 Å². The van der Waals surface area contributed by atoms with E-state index in [1.54, 1.807) is 12.1 Å². The highest BCUT2D eigenvalue weighted by atomic mass is 16.6. The van der Waals surface area contributed by atoms with E-state index in [9.17, 15) is 10.1 Å². The average Bonchev–Trinajstić information content (AvgIpc) is 2.85. The number of nitrogens with zero attached hydrogens (tertiary/aromatic N) is 1. The van der Waals surface area contributed by atoms with Gasteiger partial charge in [-0.3, -0.25) is 10.1 Å². The molecule has 2 atom stereocenters. The largest absolute Gasteiger partial charge is 0.376 e. The Kier molecular flexibility index (Phi) is 2.34. The first-order valence-electron chi connectivity index (χ1n) is 5.10. The summed E-state index contributed by atoms with van der Waals surface area (Å²) in [5, 5.41) is 14.1.